The minimum Gasteiger partial charge on any atom is -0.497 e. The zero-order chi connectivity index (χ0) is 14.5. The first-order valence-electron chi connectivity index (χ1n) is 6.84. The summed E-state index contributed by atoms with van der Waals surface area (Å²) in [5, 5.41) is 0.0508. The van der Waals surface area contributed by atoms with Gasteiger partial charge in [-0.15, -0.1) is 11.8 Å². The zero-order valence-electron chi connectivity index (χ0n) is 12.2. The average molecular weight is 295 g/mol. The number of amides is 1. The summed E-state index contributed by atoms with van der Waals surface area (Å²) < 4.78 is 10.7. The number of benzene rings is 1. The van der Waals surface area contributed by atoms with Crippen LogP contribution in [0.15, 0.2) is 18.2 Å². The number of rotatable bonds is 5. The molecule has 20 heavy (non-hydrogen) atoms. The summed E-state index contributed by atoms with van der Waals surface area (Å²) in [5.74, 6) is 2.73. The van der Waals surface area contributed by atoms with Crippen molar-refractivity contribution < 1.29 is 14.3 Å². The third kappa shape index (κ3) is 3.03. The van der Waals surface area contributed by atoms with Crippen LogP contribution in [0, 0.1) is 0 Å². The lowest BCUT2D eigenvalue weighted by molar-refractivity contribution is -0.131. The summed E-state index contributed by atoms with van der Waals surface area (Å²) in [5.41, 5.74) is 1.04. The molecule has 1 saturated heterocycles. The summed E-state index contributed by atoms with van der Waals surface area (Å²) in [6, 6.07) is 5.78. The van der Waals surface area contributed by atoms with Crippen LogP contribution < -0.4 is 9.47 Å². The van der Waals surface area contributed by atoms with Crippen LogP contribution in [-0.4, -0.2) is 37.3 Å². The van der Waals surface area contributed by atoms with E-state index < -0.39 is 0 Å². The first kappa shape index (κ1) is 15.0. The molecular weight excluding hydrogens is 274 g/mol. The van der Waals surface area contributed by atoms with Crippen molar-refractivity contribution in [3.63, 3.8) is 0 Å². The number of methoxy groups -OCH3 is 2. The molecule has 1 aliphatic rings. The van der Waals surface area contributed by atoms with Crippen molar-refractivity contribution >= 4 is 17.7 Å². The summed E-state index contributed by atoms with van der Waals surface area (Å²) in [4.78, 5) is 14.2. The van der Waals surface area contributed by atoms with Gasteiger partial charge in [0.2, 0.25) is 5.91 Å². The summed E-state index contributed by atoms with van der Waals surface area (Å²) >= 11 is 1.79. The Morgan fingerprint density at radius 3 is 2.85 bits per heavy atom. The van der Waals surface area contributed by atoms with Gasteiger partial charge in [-0.05, 0) is 18.6 Å². The van der Waals surface area contributed by atoms with E-state index in [2.05, 4.69) is 0 Å². The van der Waals surface area contributed by atoms with Gasteiger partial charge in [0, 0.05) is 30.3 Å². The summed E-state index contributed by atoms with van der Waals surface area (Å²) in [7, 11) is 3.28. The second-order valence-electron chi connectivity index (χ2n) is 4.67. The second kappa shape index (κ2) is 6.88. The largest absolute Gasteiger partial charge is 0.497 e. The highest BCUT2D eigenvalue weighted by Gasteiger charge is 2.32. The van der Waals surface area contributed by atoms with Crippen molar-refractivity contribution in [3.05, 3.63) is 23.8 Å². The lowest BCUT2D eigenvalue weighted by atomic mass is 10.1. The highest BCUT2D eigenvalue weighted by Crippen LogP contribution is 2.43. The first-order valence-corrected chi connectivity index (χ1v) is 7.89. The number of thioether (sulfide) groups is 1. The zero-order valence-corrected chi connectivity index (χ0v) is 13.0. The van der Waals surface area contributed by atoms with Gasteiger partial charge >= 0.3 is 0 Å². The molecule has 2 rings (SSSR count). The Morgan fingerprint density at radius 2 is 2.20 bits per heavy atom. The van der Waals surface area contributed by atoms with Gasteiger partial charge in [-0.3, -0.25) is 4.79 Å². The number of hydrogen-bond acceptors (Lipinski definition) is 4. The molecule has 0 aromatic heterocycles. The molecule has 1 aromatic carbocycles. The normalized spacial score (nSPS) is 18.1. The molecule has 1 atom stereocenters. The Balaban J connectivity index is 2.27. The minimum absolute atomic E-state index is 0.0508. The summed E-state index contributed by atoms with van der Waals surface area (Å²) in [6.07, 6.45) is 1.49. The molecule has 0 bridgehead atoms. The van der Waals surface area contributed by atoms with E-state index in [0.717, 1.165) is 35.8 Å². The number of hydrogen-bond donors (Lipinski definition) is 0. The molecule has 0 N–H and O–H groups in total. The van der Waals surface area contributed by atoms with Gasteiger partial charge in [0.15, 0.2) is 0 Å². The van der Waals surface area contributed by atoms with Crippen molar-refractivity contribution in [2.45, 2.75) is 25.1 Å². The van der Waals surface area contributed by atoms with Crippen LogP contribution in [0.3, 0.4) is 0 Å². The van der Waals surface area contributed by atoms with Gasteiger partial charge in [0.05, 0.1) is 14.2 Å². The van der Waals surface area contributed by atoms with Crippen LogP contribution in [0.1, 0.15) is 30.7 Å². The van der Waals surface area contributed by atoms with E-state index >= 15 is 0 Å². The maximum absolute atomic E-state index is 12.2. The van der Waals surface area contributed by atoms with E-state index in [9.17, 15) is 4.79 Å². The molecule has 1 heterocycles. The van der Waals surface area contributed by atoms with Crippen molar-refractivity contribution in [2.24, 2.45) is 0 Å². The Hall–Kier alpha value is -1.36. The number of carbonyl (C=O) groups excluding carboxylic acids is 1. The molecule has 4 nitrogen and oxygen atoms in total. The summed E-state index contributed by atoms with van der Waals surface area (Å²) in [6.45, 7) is 2.84. The predicted molar refractivity (Wildman–Crippen MR) is 81.4 cm³/mol. The second-order valence-corrected chi connectivity index (χ2v) is 5.86. The van der Waals surface area contributed by atoms with Gasteiger partial charge in [-0.2, -0.15) is 0 Å². The number of carbonyl (C=O) groups is 1. The van der Waals surface area contributed by atoms with Gasteiger partial charge < -0.3 is 14.4 Å². The number of ether oxygens (including phenoxy) is 2. The lowest BCUT2D eigenvalue weighted by Gasteiger charge is -2.25. The Labute approximate surface area is 124 Å². The van der Waals surface area contributed by atoms with E-state index in [0.29, 0.717) is 6.42 Å². The van der Waals surface area contributed by atoms with Crippen molar-refractivity contribution in [1.82, 2.24) is 4.90 Å². The van der Waals surface area contributed by atoms with E-state index in [-0.39, 0.29) is 11.3 Å². The van der Waals surface area contributed by atoms with E-state index in [1.165, 1.54) is 0 Å². The highest BCUT2D eigenvalue weighted by atomic mass is 32.2. The van der Waals surface area contributed by atoms with Crippen molar-refractivity contribution in [2.75, 3.05) is 26.5 Å². The lowest BCUT2D eigenvalue weighted by Crippen LogP contribution is -2.30. The molecular formula is C15H21NO3S. The smallest absolute Gasteiger partial charge is 0.223 e. The van der Waals surface area contributed by atoms with Crippen LogP contribution in [0.25, 0.3) is 0 Å². The average Bonchev–Trinajstić information content (AvgIpc) is 2.96. The van der Waals surface area contributed by atoms with Crippen LogP contribution in [-0.2, 0) is 4.79 Å². The topological polar surface area (TPSA) is 38.8 Å². The van der Waals surface area contributed by atoms with Gasteiger partial charge in [0.1, 0.15) is 16.9 Å². The quantitative estimate of drug-likeness (QED) is 0.837. The molecule has 1 aromatic rings. The van der Waals surface area contributed by atoms with Crippen LogP contribution >= 0.6 is 11.8 Å². The maximum Gasteiger partial charge on any atom is 0.223 e. The van der Waals surface area contributed by atoms with Crippen LogP contribution in [0.4, 0.5) is 0 Å². The molecule has 1 aliphatic heterocycles. The Bertz CT molecular complexity index is 478. The van der Waals surface area contributed by atoms with E-state index in [1.54, 1.807) is 26.0 Å². The third-order valence-electron chi connectivity index (χ3n) is 3.38. The fourth-order valence-corrected chi connectivity index (χ4v) is 3.67. The highest BCUT2D eigenvalue weighted by molar-refractivity contribution is 7.99. The Morgan fingerprint density at radius 1 is 1.40 bits per heavy atom. The molecule has 0 aliphatic carbocycles. The van der Waals surface area contributed by atoms with Crippen molar-refractivity contribution in [3.8, 4) is 11.5 Å². The first-order chi connectivity index (χ1) is 9.71. The SMILES string of the molecule is CCCC(=O)N1CCS[C@H]1c1ccc(OC)cc1OC. The fourth-order valence-electron chi connectivity index (χ4n) is 2.36. The van der Waals surface area contributed by atoms with Gasteiger partial charge in [-0.25, -0.2) is 0 Å². The predicted octanol–water partition coefficient (Wildman–Crippen LogP) is 3.08. The van der Waals surface area contributed by atoms with Gasteiger partial charge in [-0.1, -0.05) is 6.92 Å². The standard InChI is InChI=1S/C15H21NO3S/c1-4-5-14(17)16-8-9-20-15(16)12-7-6-11(18-2)10-13(12)19-3/h6-7,10,15H,4-5,8-9H2,1-3H3/t15-/m0/s1. The molecule has 0 saturated carbocycles. The third-order valence-corrected chi connectivity index (χ3v) is 4.62. The van der Waals surface area contributed by atoms with E-state index in [4.69, 9.17) is 9.47 Å². The number of nitrogens with zero attached hydrogens (tertiary/aromatic N) is 1. The monoisotopic (exact) mass is 295 g/mol. The Kier molecular flexibility index (Phi) is 5.17. The van der Waals surface area contributed by atoms with E-state index in [1.807, 2.05) is 30.0 Å². The molecule has 0 spiro atoms. The maximum atomic E-state index is 12.2. The molecule has 0 radical (unpaired) electrons. The minimum atomic E-state index is 0.0508. The molecule has 5 heteroatoms. The fraction of sp³-hybridized carbons (Fsp3) is 0.533. The van der Waals surface area contributed by atoms with Crippen molar-refractivity contribution in [1.29, 1.82) is 0 Å². The molecule has 0 unspecified atom stereocenters. The molecule has 1 fully saturated rings. The molecule has 110 valence electrons. The molecule has 1 amide bonds. The van der Waals surface area contributed by atoms with Crippen LogP contribution in [0.5, 0.6) is 11.5 Å². The van der Waals surface area contributed by atoms with Crippen LogP contribution in [0.2, 0.25) is 0 Å². The van der Waals surface area contributed by atoms with Gasteiger partial charge in [0.25, 0.3) is 0 Å².